The number of anilines is 1. The molecule has 0 saturated heterocycles. The number of nitrogens with one attached hydrogen (secondary N) is 1. The largest absolute Gasteiger partial charge is 0.490 e. The number of benzene rings is 3. The molecule has 0 aliphatic rings. The van der Waals surface area contributed by atoms with Crippen molar-refractivity contribution in [2.24, 2.45) is 5.10 Å². The molecule has 0 aromatic heterocycles. The van der Waals surface area contributed by atoms with Crippen molar-refractivity contribution in [1.29, 1.82) is 0 Å². The van der Waals surface area contributed by atoms with Crippen LogP contribution in [0.5, 0.6) is 5.75 Å². The van der Waals surface area contributed by atoms with Crippen LogP contribution in [0.15, 0.2) is 90.6 Å². The molecule has 3 rings (SSSR count). The maximum Gasteiger partial charge on any atom is 0.271 e. The van der Waals surface area contributed by atoms with Gasteiger partial charge in [0.2, 0.25) is 10.0 Å². The van der Waals surface area contributed by atoms with Crippen molar-refractivity contribution in [3.8, 4) is 5.75 Å². The predicted octanol–water partition coefficient (Wildman–Crippen LogP) is 4.63. The Morgan fingerprint density at radius 2 is 1.85 bits per heavy atom. The topological polar surface area (TPSA) is 88.1 Å². The third kappa shape index (κ3) is 6.94. The van der Waals surface area contributed by atoms with Gasteiger partial charge in [-0.1, -0.05) is 54.6 Å². The van der Waals surface area contributed by atoms with Crippen LogP contribution in [0.2, 0.25) is 5.02 Å². The minimum Gasteiger partial charge on any atom is -0.490 e. The Morgan fingerprint density at radius 1 is 1.12 bits per heavy atom. The van der Waals surface area contributed by atoms with E-state index >= 15 is 0 Å². The molecule has 0 unspecified atom stereocenters. The third-order valence-corrected chi connectivity index (χ3v) is 6.20. The summed E-state index contributed by atoms with van der Waals surface area (Å²) in [7, 11) is -3.59. The number of hydrogen-bond donors (Lipinski definition) is 1. The molecule has 0 aliphatic heterocycles. The molecule has 0 heterocycles. The van der Waals surface area contributed by atoms with Crippen LogP contribution < -0.4 is 14.5 Å². The Balaban J connectivity index is 1.69. The van der Waals surface area contributed by atoms with Crippen molar-refractivity contribution in [3.63, 3.8) is 0 Å². The van der Waals surface area contributed by atoms with E-state index in [1.807, 2.05) is 18.2 Å². The fourth-order valence-electron chi connectivity index (χ4n) is 3.03. The molecule has 0 atom stereocenters. The minimum atomic E-state index is -3.59. The first-order valence-electron chi connectivity index (χ1n) is 10.3. The molecule has 9 heteroatoms. The van der Waals surface area contributed by atoms with E-state index in [2.05, 4.69) is 17.1 Å². The maximum absolute atomic E-state index is 12.4. The van der Waals surface area contributed by atoms with Gasteiger partial charge in [0, 0.05) is 10.6 Å². The number of rotatable bonds is 10. The molecule has 0 aliphatic carbocycles. The lowest BCUT2D eigenvalue weighted by atomic mass is 10.2. The van der Waals surface area contributed by atoms with Crippen LogP contribution in [-0.4, -0.2) is 33.4 Å². The van der Waals surface area contributed by atoms with Crippen molar-refractivity contribution in [2.75, 3.05) is 17.2 Å². The molecule has 0 radical (unpaired) electrons. The standard InChI is InChI=1S/C25H24ClN3O4S/c1-3-15-33-23-9-6-7-19(16-23)17-27-28-25(30)20-11-13-22(14-12-20)29(34(2,31)32)18-21-8-4-5-10-24(21)26/h3-14,16-17H,1,15,18H2,2H3,(H,28,30)/b27-17-. The summed E-state index contributed by atoms with van der Waals surface area (Å²) >= 11 is 6.20. The number of ether oxygens (including phenoxy) is 1. The second-order valence-corrected chi connectivity index (χ2v) is 9.59. The van der Waals surface area contributed by atoms with E-state index in [9.17, 15) is 13.2 Å². The molecule has 7 nitrogen and oxygen atoms in total. The van der Waals surface area contributed by atoms with Crippen LogP contribution in [0.25, 0.3) is 0 Å². The summed E-state index contributed by atoms with van der Waals surface area (Å²) in [5, 5.41) is 4.46. The van der Waals surface area contributed by atoms with Crippen molar-refractivity contribution >= 4 is 39.4 Å². The number of halogens is 1. The van der Waals surface area contributed by atoms with Crippen LogP contribution >= 0.6 is 11.6 Å². The highest BCUT2D eigenvalue weighted by Crippen LogP contribution is 2.24. The van der Waals surface area contributed by atoms with Crippen LogP contribution in [-0.2, 0) is 16.6 Å². The van der Waals surface area contributed by atoms with E-state index in [-0.39, 0.29) is 6.54 Å². The highest BCUT2D eigenvalue weighted by Gasteiger charge is 2.19. The van der Waals surface area contributed by atoms with Gasteiger partial charge in [0.15, 0.2) is 0 Å². The van der Waals surface area contributed by atoms with Gasteiger partial charge >= 0.3 is 0 Å². The van der Waals surface area contributed by atoms with Gasteiger partial charge in [-0.25, -0.2) is 13.8 Å². The lowest BCUT2D eigenvalue weighted by Crippen LogP contribution is -2.29. The first kappa shape index (κ1) is 25.0. The average Bonchev–Trinajstić information content (AvgIpc) is 2.82. The Hall–Kier alpha value is -3.62. The summed E-state index contributed by atoms with van der Waals surface area (Å²) in [5.41, 5.74) is 4.63. The lowest BCUT2D eigenvalue weighted by Gasteiger charge is -2.23. The van der Waals surface area contributed by atoms with Gasteiger partial charge in [0.1, 0.15) is 12.4 Å². The second kappa shape index (κ2) is 11.5. The summed E-state index contributed by atoms with van der Waals surface area (Å²) in [5.74, 6) is 0.233. The number of hydrazone groups is 1. The molecule has 0 bridgehead atoms. The van der Waals surface area contributed by atoms with Crippen LogP contribution in [0.3, 0.4) is 0 Å². The second-order valence-electron chi connectivity index (χ2n) is 7.28. The lowest BCUT2D eigenvalue weighted by molar-refractivity contribution is 0.0955. The molecule has 0 saturated carbocycles. The first-order valence-corrected chi connectivity index (χ1v) is 12.5. The Kier molecular flexibility index (Phi) is 8.45. The molecular weight excluding hydrogens is 474 g/mol. The smallest absolute Gasteiger partial charge is 0.271 e. The molecule has 1 amide bonds. The van der Waals surface area contributed by atoms with Gasteiger partial charge < -0.3 is 4.74 Å². The Labute approximate surface area is 204 Å². The molecule has 34 heavy (non-hydrogen) atoms. The van der Waals surface area contributed by atoms with Gasteiger partial charge in [-0.2, -0.15) is 5.10 Å². The number of hydrogen-bond acceptors (Lipinski definition) is 5. The Bertz CT molecular complexity index is 1290. The van der Waals surface area contributed by atoms with E-state index in [0.717, 1.165) is 11.8 Å². The number of carbonyl (C=O) groups excluding carboxylic acids is 1. The number of nitrogens with zero attached hydrogens (tertiary/aromatic N) is 2. The van der Waals surface area contributed by atoms with Gasteiger partial charge in [0.05, 0.1) is 24.7 Å². The summed E-state index contributed by atoms with van der Waals surface area (Å²) < 4.78 is 31.5. The van der Waals surface area contributed by atoms with Crippen LogP contribution in [0.4, 0.5) is 5.69 Å². The fourth-order valence-corrected chi connectivity index (χ4v) is 4.10. The predicted molar refractivity (Wildman–Crippen MR) is 136 cm³/mol. The van der Waals surface area contributed by atoms with E-state index in [4.69, 9.17) is 16.3 Å². The van der Waals surface area contributed by atoms with E-state index in [1.165, 1.54) is 22.7 Å². The molecule has 0 fully saturated rings. The van der Waals surface area contributed by atoms with Crippen LogP contribution in [0, 0.1) is 0 Å². The summed E-state index contributed by atoms with van der Waals surface area (Å²) in [6.07, 6.45) is 4.27. The molecule has 0 spiro atoms. The average molecular weight is 498 g/mol. The summed E-state index contributed by atoms with van der Waals surface area (Å²) in [4.78, 5) is 12.4. The zero-order chi connectivity index (χ0) is 24.6. The highest BCUT2D eigenvalue weighted by molar-refractivity contribution is 7.92. The monoisotopic (exact) mass is 497 g/mol. The normalized spacial score (nSPS) is 11.2. The number of sulfonamides is 1. The first-order chi connectivity index (χ1) is 16.3. The van der Waals surface area contributed by atoms with Gasteiger partial charge in [0.25, 0.3) is 5.91 Å². The quantitative estimate of drug-likeness (QED) is 0.251. The summed E-state index contributed by atoms with van der Waals surface area (Å²) in [6.45, 7) is 4.07. The van der Waals surface area contributed by atoms with Crippen molar-refractivity contribution < 1.29 is 17.9 Å². The van der Waals surface area contributed by atoms with E-state index < -0.39 is 15.9 Å². The molecular formula is C25H24ClN3O4S. The van der Waals surface area contributed by atoms with Crippen molar-refractivity contribution in [1.82, 2.24) is 5.43 Å². The van der Waals surface area contributed by atoms with Gasteiger partial charge in [-0.15, -0.1) is 0 Å². The highest BCUT2D eigenvalue weighted by atomic mass is 35.5. The SMILES string of the molecule is C=CCOc1cccc(/C=N\NC(=O)c2ccc(N(Cc3ccccc3Cl)S(C)(=O)=O)cc2)c1. The minimum absolute atomic E-state index is 0.0733. The maximum atomic E-state index is 12.4. The zero-order valence-electron chi connectivity index (χ0n) is 18.5. The van der Waals surface area contributed by atoms with E-state index in [1.54, 1.807) is 48.5 Å². The fraction of sp³-hybridized carbons (Fsp3) is 0.120. The number of amides is 1. The molecule has 3 aromatic rings. The molecule has 176 valence electrons. The van der Waals surface area contributed by atoms with Gasteiger partial charge in [-0.05, 0) is 53.6 Å². The molecule has 1 N–H and O–H groups in total. The van der Waals surface area contributed by atoms with Gasteiger partial charge in [-0.3, -0.25) is 9.10 Å². The van der Waals surface area contributed by atoms with E-state index in [0.29, 0.717) is 34.2 Å². The third-order valence-electron chi connectivity index (χ3n) is 4.70. The number of carbonyl (C=O) groups is 1. The van der Waals surface area contributed by atoms with Crippen LogP contribution in [0.1, 0.15) is 21.5 Å². The molecule has 3 aromatic carbocycles. The Morgan fingerprint density at radius 3 is 2.53 bits per heavy atom. The summed E-state index contributed by atoms with van der Waals surface area (Å²) in [6, 6.07) is 20.5. The van der Waals surface area contributed by atoms with Crippen molar-refractivity contribution in [2.45, 2.75) is 6.54 Å². The zero-order valence-corrected chi connectivity index (χ0v) is 20.1. The van der Waals surface area contributed by atoms with Crippen molar-refractivity contribution in [3.05, 3.63) is 107 Å².